The van der Waals surface area contributed by atoms with Crippen molar-refractivity contribution in [2.45, 2.75) is 31.7 Å². The minimum absolute atomic E-state index is 0.217. The first kappa shape index (κ1) is 14.3. The van der Waals surface area contributed by atoms with Crippen LogP contribution in [0.1, 0.15) is 36.0 Å². The average molecular weight is 384 g/mol. The fourth-order valence-electron chi connectivity index (χ4n) is 2.90. The highest BCUT2D eigenvalue weighted by molar-refractivity contribution is 14.1. The van der Waals surface area contributed by atoms with Crippen molar-refractivity contribution >= 4 is 28.5 Å². The van der Waals surface area contributed by atoms with Crippen LogP contribution in [-0.4, -0.2) is 36.5 Å². The largest absolute Gasteiger partial charge is 0.335 e. The number of halogens is 1. The van der Waals surface area contributed by atoms with Crippen molar-refractivity contribution in [3.05, 3.63) is 33.4 Å². The molecule has 0 radical (unpaired) electrons. The minimum atomic E-state index is 0.217. The van der Waals surface area contributed by atoms with Gasteiger partial charge >= 0.3 is 0 Å². The third kappa shape index (κ3) is 3.52. The van der Waals surface area contributed by atoms with Crippen LogP contribution in [0.15, 0.2) is 24.3 Å². The number of hydrogen-bond acceptors (Lipinski definition) is 2. The molecule has 1 aliphatic carbocycles. The molecule has 2 fully saturated rings. The number of rotatable bonds is 4. The summed E-state index contributed by atoms with van der Waals surface area (Å²) in [5, 5.41) is 3.45. The van der Waals surface area contributed by atoms with Crippen LogP contribution in [0.4, 0.5) is 0 Å². The van der Waals surface area contributed by atoms with Crippen LogP contribution in [0.25, 0.3) is 0 Å². The van der Waals surface area contributed by atoms with Crippen LogP contribution in [0, 0.1) is 9.49 Å². The lowest BCUT2D eigenvalue weighted by molar-refractivity contribution is 0.0704. The molecule has 1 aliphatic heterocycles. The van der Waals surface area contributed by atoms with Crippen molar-refractivity contribution in [1.82, 2.24) is 10.2 Å². The Balaban J connectivity index is 1.69. The molecule has 0 aromatic heterocycles. The zero-order chi connectivity index (χ0) is 13.9. The van der Waals surface area contributed by atoms with Crippen molar-refractivity contribution < 1.29 is 4.79 Å². The predicted octanol–water partition coefficient (Wildman–Crippen LogP) is 2.90. The third-order valence-electron chi connectivity index (χ3n) is 4.19. The minimum Gasteiger partial charge on any atom is -0.335 e. The van der Waals surface area contributed by atoms with Crippen molar-refractivity contribution in [3.63, 3.8) is 0 Å². The SMILES string of the molecule is O=C(c1ccc(I)cc1)N(CC1CCCNC1)C1CC1. The molecule has 4 heteroatoms. The maximum Gasteiger partial charge on any atom is 0.254 e. The van der Waals surface area contributed by atoms with Crippen LogP contribution in [0.3, 0.4) is 0 Å². The highest BCUT2D eigenvalue weighted by Crippen LogP contribution is 2.30. The summed E-state index contributed by atoms with van der Waals surface area (Å²) >= 11 is 2.27. The fourth-order valence-corrected chi connectivity index (χ4v) is 3.26. The summed E-state index contributed by atoms with van der Waals surface area (Å²) in [6.45, 7) is 3.11. The van der Waals surface area contributed by atoms with Gasteiger partial charge in [-0.1, -0.05) is 0 Å². The molecule has 108 valence electrons. The first-order valence-electron chi connectivity index (χ1n) is 7.51. The Morgan fingerprint density at radius 2 is 2.00 bits per heavy atom. The normalized spacial score (nSPS) is 22.6. The standard InChI is InChI=1S/C16H21IN2O/c17-14-5-3-13(4-6-14)16(20)19(15-7-8-15)11-12-2-1-9-18-10-12/h3-6,12,15,18H,1-2,7-11H2. The van der Waals surface area contributed by atoms with Crippen molar-refractivity contribution in [3.8, 4) is 0 Å². The van der Waals surface area contributed by atoms with Gasteiger partial charge in [-0.25, -0.2) is 0 Å². The lowest BCUT2D eigenvalue weighted by atomic mass is 9.98. The Morgan fingerprint density at radius 3 is 2.60 bits per heavy atom. The Kier molecular flexibility index (Phi) is 4.61. The molecule has 20 heavy (non-hydrogen) atoms. The maximum absolute atomic E-state index is 12.7. The van der Waals surface area contributed by atoms with Gasteiger partial charge in [-0.2, -0.15) is 0 Å². The first-order valence-corrected chi connectivity index (χ1v) is 8.59. The smallest absolute Gasteiger partial charge is 0.254 e. The maximum atomic E-state index is 12.7. The zero-order valence-electron chi connectivity index (χ0n) is 11.6. The number of nitrogens with one attached hydrogen (secondary N) is 1. The highest BCUT2D eigenvalue weighted by atomic mass is 127. The topological polar surface area (TPSA) is 32.3 Å². The second-order valence-corrected chi connectivity index (χ2v) is 7.15. The lowest BCUT2D eigenvalue weighted by Crippen LogP contribution is -2.42. The van der Waals surface area contributed by atoms with Crippen molar-refractivity contribution in [1.29, 1.82) is 0 Å². The van der Waals surface area contributed by atoms with E-state index >= 15 is 0 Å². The second-order valence-electron chi connectivity index (χ2n) is 5.91. The van der Waals surface area contributed by atoms with E-state index in [0.29, 0.717) is 12.0 Å². The summed E-state index contributed by atoms with van der Waals surface area (Å²) in [7, 11) is 0. The van der Waals surface area contributed by atoms with Gasteiger partial charge in [0.25, 0.3) is 5.91 Å². The zero-order valence-corrected chi connectivity index (χ0v) is 13.8. The third-order valence-corrected chi connectivity index (χ3v) is 4.91. The van der Waals surface area contributed by atoms with Gasteiger partial charge in [0.05, 0.1) is 0 Å². The van der Waals surface area contributed by atoms with Gasteiger partial charge in [-0.3, -0.25) is 4.79 Å². The summed E-state index contributed by atoms with van der Waals surface area (Å²) < 4.78 is 1.17. The molecule has 1 amide bonds. The lowest BCUT2D eigenvalue weighted by Gasteiger charge is -2.30. The molecule has 1 aromatic carbocycles. The molecule has 1 saturated carbocycles. The molecule has 1 saturated heterocycles. The van der Waals surface area contributed by atoms with Crippen LogP contribution >= 0.6 is 22.6 Å². The Morgan fingerprint density at radius 1 is 1.25 bits per heavy atom. The van der Waals surface area contributed by atoms with Gasteiger partial charge in [0.2, 0.25) is 0 Å². The number of benzene rings is 1. The van der Waals surface area contributed by atoms with Gasteiger partial charge < -0.3 is 10.2 Å². The van der Waals surface area contributed by atoms with E-state index in [1.54, 1.807) is 0 Å². The van der Waals surface area contributed by atoms with Crippen molar-refractivity contribution in [2.75, 3.05) is 19.6 Å². The van der Waals surface area contributed by atoms with Gasteiger partial charge in [0.1, 0.15) is 0 Å². The summed E-state index contributed by atoms with van der Waals surface area (Å²) in [5.74, 6) is 0.839. The van der Waals surface area contributed by atoms with E-state index in [1.165, 1.54) is 29.3 Å². The van der Waals surface area contributed by atoms with E-state index in [4.69, 9.17) is 0 Å². The van der Waals surface area contributed by atoms with Crippen LogP contribution < -0.4 is 5.32 Å². The number of amides is 1. The molecule has 3 rings (SSSR count). The Hall–Kier alpha value is -0.620. The van der Waals surface area contributed by atoms with E-state index in [1.807, 2.05) is 24.3 Å². The summed E-state index contributed by atoms with van der Waals surface area (Å²) in [6.07, 6.45) is 4.84. The molecule has 0 bridgehead atoms. The molecular weight excluding hydrogens is 363 g/mol. The van der Waals surface area contributed by atoms with E-state index in [2.05, 4.69) is 32.8 Å². The van der Waals surface area contributed by atoms with E-state index in [9.17, 15) is 4.79 Å². The van der Waals surface area contributed by atoms with Gasteiger partial charge in [-0.05, 0) is 91.5 Å². The van der Waals surface area contributed by atoms with Crippen molar-refractivity contribution in [2.24, 2.45) is 5.92 Å². The predicted molar refractivity (Wildman–Crippen MR) is 88.8 cm³/mol. The quantitative estimate of drug-likeness (QED) is 0.810. The Labute approximate surface area is 134 Å². The highest BCUT2D eigenvalue weighted by Gasteiger charge is 2.34. The summed E-state index contributed by atoms with van der Waals surface area (Å²) in [5.41, 5.74) is 0.834. The molecular formula is C16H21IN2O. The molecule has 1 unspecified atom stereocenters. The molecule has 2 aliphatic rings. The number of carbonyl (C=O) groups excluding carboxylic acids is 1. The van der Waals surface area contributed by atoms with E-state index in [-0.39, 0.29) is 5.91 Å². The van der Waals surface area contributed by atoms with Gasteiger partial charge in [0, 0.05) is 21.7 Å². The molecule has 1 aromatic rings. The van der Waals surface area contributed by atoms with Crippen LogP contribution in [0.5, 0.6) is 0 Å². The molecule has 1 N–H and O–H groups in total. The van der Waals surface area contributed by atoms with Crippen LogP contribution in [0.2, 0.25) is 0 Å². The monoisotopic (exact) mass is 384 g/mol. The number of hydrogen-bond donors (Lipinski definition) is 1. The molecule has 1 atom stereocenters. The average Bonchev–Trinajstić information content (AvgIpc) is 3.30. The van der Waals surface area contributed by atoms with Crippen LogP contribution in [-0.2, 0) is 0 Å². The van der Waals surface area contributed by atoms with E-state index in [0.717, 1.165) is 25.2 Å². The Bertz CT molecular complexity index is 464. The summed E-state index contributed by atoms with van der Waals surface area (Å²) in [4.78, 5) is 14.8. The molecule has 1 heterocycles. The van der Waals surface area contributed by atoms with E-state index < -0.39 is 0 Å². The second kappa shape index (κ2) is 6.43. The first-order chi connectivity index (χ1) is 9.74. The van der Waals surface area contributed by atoms with Gasteiger partial charge in [-0.15, -0.1) is 0 Å². The fraction of sp³-hybridized carbons (Fsp3) is 0.562. The number of carbonyl (C=O) groups is 1. The van der Waals surface area contributed by atoms with Gasteiger partial charge in [0.15, 0.2) is 0 Å². The summed E-state index contributed by atoms with van der Waals surface area (Å²) in [6, 6.07) is 8.43. The molecule has 3 nitrogen and oxygen atoms in total. The number of piperidine rings is 1. The number of nitrogens with zero attached hydrogens (tertiary/aromatic N) is 1. The molecule has 0 spiro atoms.